The summed E-state index contributed by atoms with van der Waals surface area (Å²) < 4.78 is 0. The summed E-state index contributed by atoms with van der Waals surface area (Å²) in [5.74, 6) is -0.159. The van der Waals surface area contributed by atoms with Gasteiger partial charge < -0.3 is 10.4 Å². The summed E-state index contributed by atoms with van der Waals surface area (Å²) in [5, 5.41) is 20.1. The number of amides is 1. The molecule has 0 aliphatic carbocycles. The molecule has 1 unspecified atom stereocenters. The summed E-state index contributed by atoms with van der Waals surface area (Å²) in [6.07, 6.45) is 1.94. The van der Waals surface area contributed by atoms with Crippen LogP contribution < -0.4 is 5.32 Å². The Morgan fingerprint density at radius 1 is 1.40 bits per heavy atom. The molecule has 0 saturated heterocycles. The molecule has 1 atom stereocenters. The molecule has 0 fully saturated rings. The van der Waals surface area contributed by atoms with Gasteiger partial charge in [0.25, 0.3) is 0 Å². The fraction of sp³-hybridized carbons (Fsp3) is 0.733. The molecule has 5 nitrogen and oxygen atoms in total. The van der Waals surface area contributed by atoms with E-state index in [9.17, 15) is 9.90 Å². The molecule has 1 heterocycles. The van der Waals surface area contributed by atoms with E-state index in [-0.39, 0.29) is 11.8 Å². The third-order valence-corrected chi connectivity index (χ3v) is 4.15. The zero-order chi connectivity index (χ0) is 15.3. The molecule has 1 amide bonds. The highest BCUT2D eigenvalue weighted by Crippen LogP contribution is 2.16. The third kappa shape index (κ3) is 4.07. The largest absolute Gasteiger partial charge is 0.388 e. The van der Waals surface area contributed by atoms with Crippen molar-refractivity contribution in [1.82, 2.24) is 15.5 Å². The highest BCUT2D eigenvalue weighted by Gasteiger charge is 2.24. The van der Waals surface area contributed by atoms with Gasteiger partial charge in [-0.2, -0.15) is 5.10 Å². The molecule has 0 bridgehead atoms. The molecular weight excluding hydrogens is 254 g/mol. The number of aliphatic hydroxyl groups is 1. The van der Waals surface area contributed by atoms with Crippen LogP contribution in [0, 0.1) is 19.8 Å². The van der Waals surface area contributed by atoms with Crippen molar-refractivity contribution in [3.8, 4) is 0 Å². The van der Waals surface area contributed by atoms with E-state index in [1.54, 1.807) is 0 Å². The number of aromatic nitrogens is 2. The fourth-order valence-corrected chi connectivity index (χ4v) is 2.20. The third-order valence-electron chi connectivity index (χ3n) is 4.15. The number of carbonyl (C=O) groups is 1. The number of rotatable bonds is 7. The molecule has 0 aromatic carbocycles. The van der Waals surface area contributed by atoms with Gasteiger partial charge in [0.15, 0.2) is 0 Å². The Kier molecular flexibility index (Phi) is 5.74. The Labute approximate surface area is 121 Å². The normalized spacial score (nSPS) is 13.3. The Morgan fingerprint density at radius 3 is 2.45 bits per heavy atom. The van der Waals surface area contributed by atoms with Crippen molar-refractivity contribution in [3.05, 3.63) is 17.0 Å². The minimum atomic E-state index is -0.795. The smallest absolute Gasteiger partial charge is 0.223 e. The maximum Gasteiger partial charge on any atom is 0.223 e. The van der Waals surface area contributed by atoms with Crippen LogP contribution >= 0.6 is 0 Å². The van der Waals surface area contributed by atoms with Gasteiger partial charge in [-0.3, -0.25) is 9.89 Å². The topological polar surface area (TPSA) is 78.0 Å². The van der Waals surface area contributed by atoms with Gasteiger partial charge in [-0.05, 0) is 38.7 Å². The van der Waals surface area contributed by atoms with Gasteiger partial charge in [0, 0.05) is 18.2 Å². The number of aryl methyl sites for hydroxylation is 2. The van der Waals surface area contributed by atoms with Crippen molar-refractivity contribution < 1.29 is 9.90 Å². The summed E-state index contributed by atoms with van der Waals surface area (Å²) in [6.45, 7) is 9.97. The first-order chi connectivity index (χ1) is 9.33. The van der Waals surface area contributed by atoms with Gasteiger partial charge in [0.1, 0.15) is 0 Å². The first-order valence-electron chi connectivity index (χ1n) is 7.33. The molecule has 0 aliphatic heterocycles. The summed E-state index contributed by atoms with van der Waals surface area (Å²) in [6, 6.07) is 0. The van der Waals surface area contributed by atoms with Crippen LogP contribution in [0.2, 0.25) is 0 Å². The standard InChI is InChI=1S/C15H27N3O2/c1-6-15(20,7-2)9-16-14(19)10(3)8-13-11(4)17-18-12(13)5/h10,20H,6-9H2,1-5H3,(H,16,19)(H,17,18). The quantitative estimate of drug-likeness (QED) is 0.714. The van der Waals surface area contributed by atoms with Crippen LogP contribution in [0.4, 0.5) is 0 Å². The van der Waals surface area contributed by atoms with Crippen molar-refractivity contribution in [1.29, 1.82) is 0 Å². The van der Waals surface area contributed by atoms with Crippen molar-refractivity contribution in [3.63, 3.8) is 0 Å². The Bertz CT molecular complexity index is 430. The van der Waals surface area contributed by atoms with Crippen molar-refractivity contribution in [2.24, 2.45) is 5.92 Å². The Balaban J connectivity index is 2.56. The lowest BCUT2D eigenvalue weighted by Gasteiger charge is -2.26. The number of H-pyrrole nitrogens is 1. The zero-order valence-corrected chi connectivity index (χ0v) is 13.2. The average molecular weight is 281 g/mol. The highest BCUT2D eigenvalue weighted by molar-refractivity contribution is 5.78. The van der Waals surface area contributed by atoms with Gasteiger partial charge in [-0.15, -0.1) is 0 Å². The van der Waals surface area contributed by atoms with E-state index in [0.29, 0.717) is 25.8 Å². The predicted octanol–water partition coefficient (Wildman–Crippen LogP) is 1.87. The lowest BCUT2D eigenvalue weighted by atomic mass is 9.96. The summed E-state index contributed by atoms with van der Waals surface area (Å²) in [4.78, 5) is 12.1. The lowest BCUT2D eigenvalue weighted by Crippen LogP contribution is -2.43. The van der Waals surface area contributed by atoms with Crippen LogP contribution in [0.5, 0.6) is 0 Å². The highest BCUT2D eigenvalue weighted by atomic mass is 16.3. The Hall–Kier alpha value is -1.36. The van der Waals surface area contributed by atoms with Gasteiger partial charge in [-0.1, -0.05) is 20.8 Å². The van der Waals surface area contributed by atoms with Crippen LogP contribution in [-0.2, 0) is 11.2 Å². The minimum absolute atomic E-state index is 0.0228. The maximum absolute atomic E-state index is 12.1. The van der Waals surface area contributed by atoms with E-state index < -0.39 is 5.60 Å². The molecule has 20 heavy (non-hydrogen) atoms. The van der Waals surface area contributed by atoms with Crippen molar-refractivity contribution in [2.45, 2.75) is 59.5 Å². The molecular formula is C15H27N3O2. The molecule has 0 saturated carbocycles. The number of carbonyl (C=O) groups excluding carboxylic acids is 1. The van der Waals surface area contributed by atoms with E-state index >= 15 is 0 Å². The molecule has 1 aromatic rings. The molecule has 1 rings (SSSR count). The fourth-order valence-electron chi connectivity index (χ4n) is 2.20. The molecule has 114 valence electrons. The monoisotopic (exact) mass is 281 g/mol. The van der Waals surface area contributed by atoms with E-state index in [1.165, 1.54) is 0 Å². The summed E-state index contributed by atoms with van der Waals surface area (Å²) in [5.41, 5.74) is 2.27. The second-order valence-electron chi connectivity index (χ2n) is 5.67. The van der Waals surface area contributed by atoms with Gasteiger partial charge >= 0.3 is 0 Å². The summed E-state index contributed by atoms with van der Waals surface area (Å²) >= 11 is 0. The molecule has 1 aromatic heterocycles. The number of nitrogens with zero attached hydrogens (tertiary/aromatic N) is 1. The molecule has 3 N–H and O–H groups in total. The zero-order valence-electron chi connectivity index (χ0n) is 13.2. The van der Waals surface area contributed by atoms with Crippen LogP contribution in [0.1, 0.15) is 50.6 Å². The molecule has 0 aliphatic rings. The van der Waals surface area contributed by atoms with Crippen LogP contribution in [0.15, 0.2) is 0 Å². The second kappa shape index (κ2) is 6.88. The lowest BCUT2D eigenvalue weighted by molar-refractivity contribution is -0.125. The van der Waals surface area contributed by atoms with E-state index in [2.05, 4.69) is 15.5 Å². The van der Waals surface area contributed by atoms with E-state index in [4.69, 9.17) is 0 Å². The first kappa shape index (κ1) is 16.7. The number of hydrogen-bond acceptors (Lipinski definition) is 3. The minimum Gasteiger partial charge on any atom is -0.388 e. The summed E-state index contributed by atoms with van der Waals surface area (Å²) in [7, 11) is 0. The van der Waals surface area contributed by atoms with Gasteiger partial charge in [0.2, 0.25) is 5.91 Å². The SMILES string of the molecule is CCC(O)(CC)CNC(=O)C(C)Cc1c(C)n[nH]c1C. The maximum atomic E-state index is 12.1. The average Bonchev–Trinajstić information content (AvgIpc) is 2.76. The van der Waals surface area contributed by atoms with E-state index in [1.807, 2.05) is 34.6 Å². The molecule has 5 heteroatoms. The number of hydrogen-bond donors (Lipinski definition) is 3. The number of aromatic amines is 1. The van der Waals surface area contributed by atoms with Crippen LogP contribution in [0.3, 0.4) is 0 Å². The molecule has 0 spiro atoms. The number of nitrogens with one attached hydrogen (secondary N) is 2. The van der Waals surface area contributed by atoms with Crippen LogP contribution in [-0.4, -0.2) is 33.4 Å². The molecule has 0 radical (unpaired) electrons. The predicted molar refractivity (Wildman–Crippen MR) is 79.5 cm³/mol. The van der Waals surface area contributed by atoms with E-state index in [0.717, 1.165) is 17.0 Å². The van der Waals surface area contributed by atoms with Crippen molar-refractivity contribution >= 4 is 5.91 Å². The van der Waals surface area contributed by atoms with Crippen molar-refractivity contribution in [2.75, 3.05) is 6.54 Å². The first-order valence-corrected chi connectivity index (χ1v) is 7.33. The second-order valence-corrected chi connectivity index (χ2v) is 5.67. The van der Waals surface area contributed by atoms with Gasteiger partial charge in [0.05, 0.1) is 11.3 Å². The van der Waals surface area contributed by atoms with Crippen LogP contribution in [0.25, 0.3) is 0 Å². The van der Waals surface area contributed by atoms with Gasteiger partial charge in [-0.25, -0.2) is 0 Å². The Morgan fingerprint density at radius 2 is 2.00 bits per heavy atom.